The average molecular weight is 288 g/mol. The number of hydrogen-bond acceptors (Lipinski definition) is 6. The lowest BCUT2D eigenvalue weighted by Gasteiger charge is -2.48. The largest absolute Gasteiger partial charge is 0.394 e. The van der Waals surface area contributed by atoms with Gasteiger partial charge in [0.1, 0.15) is 37.4 Å². The van der Waals surface area contributed by atoms with Gasteiger partial charge in [-0.15, -0.1) is 0 Å². The summed E-state index contributed by atoms with van der Waals surface area (Å²) in [6.07, 6.45) is -1.87. The van der Waals surface area contributed by atoms with E-state index in [0.717, 1.165) is 0 Å². The first-order valence-electron chi connectivity index (χ1n) is 3.90. The molecule has 16 heavy (non-hydrogen) atoms. The molecule has 0 saturated carbocycles. The second kappa shape index (κ2) is 4.91. The minimum atomic E-state index is -2.73. The van der Waals surface area contributed by atoms with E-state index in [1.807, 2.05) is 0 Å². The fourth-order valence-corrected chi connectivity index (χ4v) is 1.99. The topological polar surface area (TPSA) is 118 Å². The van der Waals surface area contributed by atoms with Crippen LogP contribution in [0.15, 0.2) is 0 Å². The Morgan fingerprint density at radius 2 is 1.56 bits per heavy atom. The highest BCUT2D eigenvalue weighted by molar-refractivity contribution is 6.66. The highest BCUT2D eigenvalue weighted by Gasteiger charge is 2.58. The third-order valence-electron chi connectivity index (χ3n) is 2.06. The van der Waals surface area contributed by atoms with Crippen molar-refractivity contribution in [3.63, 3.8) is 0 Å². The molecular formula is C6H8O6Si4. The van der Waals surface area contributed by atoms with Crippen LogP contribution in [0.25, 0.3) is 0 Å². The van der Waals surface area contributed by atoms with Gasteiger partial charge in [0.15, 0.2) is 0 Å². The Hall–Kier alpha value is 0.338. The molecular weight excluding hydrogens is 280 g/mol. The maximum absolute atomic E-state index is 11.0. The molecule has 0 amide bonds. The molecule has 10 heteroatoms. The van der Waals surface area contributed by atoms with Crippen LogP contribution in [0.1, 0.15) is 0 Å². The molecule has 0 aliphatic heterocycles. The number of hydrogen-bond donors (Lipinski definition) is 5. The number of aliphatic hydroxyl groups is 5. The van der Waals surface area contributed by atoms with Crippen molar-refractivity contribution in [3.05, 3.63) is 0 Å². The lowest BCUT2D eigenvalue weighted by molar-refractivity contribution is -0.178. The van der Waals surface area contributed by atoms with Crippen molar-refractivity contribution in [3.8, 4) is 0 Å². The summed E-state index contributed by atoms with van der Waals surface area (Å²) >= 11 is 0. The van der Waals surface area contributed by atoms with Gasteiger partial charge in [0, 0.05) is 0 Å². The zero-order valence-electron chi connectivity index (χ0n) is 7.93. The molecule has 0 rings (SSSR count). The zero-order valence-corrected chi connectivity index (χ0v) is 11.9. The first-order valence-corrected chi connectivity index (χ1v) is 5.90. The Balaban J connectivity index is 5.42. The van der Waals surface area contributed by atoms with Crippen molar-refractivity contribution in [2.24, 2.45) is 0 Å². The monoisotopic (exact) mass is 288 g/mol. The second-order valence-corrected chi connectivity index (χ2v) is 5.88. The van der Waals surface area contributed by atoms with E-state index < -0.39 is 33.8 Å². The van der Waals surface area contributed by atoms with Gasteiger partial charge in [0.25, 0.3) is 0 Å². The minimum absolute atomic E-state index is 0.926. The number of carbonyl (C=O) groups is 1. The van der Waals surface area contributed by atoms with Crippen molar-refractivity contribution in [2.75, 3.05) is 6.61 Å². The van der Waals surface area contributed by atoms with Crippen LogP contribution in [0.2, 0.25) is 0 Å². The lowest BCUT2D eigenvalue weighted by Crippen LogP contribution is -2.76. The van der Waals surface area contributed by atoms with Crippen LogP contribution in [0.5, 0.6) is 0 Å². The smallest absolute Gasteiger partial charge is 0.133 e. The molecule has 0 aliphatic carbocycles. The highest BCUT2D eigenvalue weighted by atomic mass is 28.2. The predicted octanol–water partition coefficient (Wildman–Crippen LogP) is -5.39. The molecule has 4 atom stereocenters. The average Bonchev–Trinajstić information content (AvgIpc) is 2.15. The van der Waals surface area contributed by atoms with Gasteiger partial charge in [0.2, 0.25) is 0 Å². The van der Waals surface area contributed by atoms with Gasteiger partial charge in [-0.3, -0.25) is 0 Å². The molecule has 0 fully saturated rings. The fraction of sp³-hybridized carbons (Fsp3) is 0.833. The van der Waals surface area contributed by atoms with Gasteiger partial charge in [-0.05, 0) is 0 Å². The molecule has 0 spiro atoms. The van der Waals surface area contributed by atoms with E-state index in [-0.39, 0.29) is 0 Å². The third kappa shape index (κ3) is 2.44. The second-order valence-electron chi connectivity index (χ2n) is 3.21. The van der Waals surface area contributed by atoms with Crippen molar-refractivity contribution < 1.29 is 30.3 Å². The SMILES string of the molecule is O=C([Si])[C@@](O)([Si])[C@](O)([Si])[C@@](O)([Si])[C@H](O)CO. The number of aliphatic hydroxyl groups excluding tert-OH is 2. The molecule has 12 radical (unpaired) electrons. The van der Waals surface area contributed by atoms with Gasteiger partial charge in [-0.25, -0.2) is 0 Å². The van der Waals surface area contributed by atoms with E-state index >= 15 is 0 Å². The standard InChI is InChI=1S/C6H8O6Si4/c7-1-2(8)4(10,14)6(12,16)5(11,15)3(9)13/h2,7-8,10-12H,1H2/t2-,4+,5-,6-/m1/s1. The molecule has 0 unspecified atom stereocenters. The Bertz CT molecular complexity index is 278. The van der Waals surface area contributed by atoms with Gasteiger partial charge >= 0.3 is 0 Å². The lowest BCUT2D eigenvalue weighted by atomic mass is 10.0. The number of carbonyl (C=O) groups excluding carboxylic acids is 1. The fourth-order valence-electron chi connectivity index (χ4n) is 0.813. The van der Waals surface area contributed by atoms with Crippen molar-refractivity contribution >= 4 is 46.4 Å². The summed E-state index contributed by atoms with van der Waals surface area (Å²) in [7, 11) is 10.1. The molecule has 84 valence electrons. The summed E-state index contributed by atoms with van der Waals surface area (Å²) in [5.74, 6) is 0. The molecule has 0 bridgehead atoms. The van der Waals surface area contributed by atoms with Crippen molar-refractivity contribution in [1.82, 2.24) is 0 Å². The Morgan fingerprint density at radius 3 is 1.81 bits per heavy atom. The van der Waals surface area contributed by atoms with Gasteiger partial charge in [0.05, 0.1) is 37.3 Å². The van der Waals surface area contributed by atoms with Crippen LogP contribution in [-0.2, 0) is 4.79 Å². The molecule has 0 heterocycles. The predicted molar refractivity (Wildman–Crippen MR) is 56.0 cm³/mol. The molecule has 0 aliphatic rings. The summed E-state index contributed by atoms with van der Waals surface area (Å²) in [4.78, 5) is 11.0. The molecule has 0 aromatic carbocycles. The summed E-state index contributed by atoms with van der Waals surface area (Å²) in [5.41, 5.74) is 0. The van der Waals surface area contributed by atoms with E-state index in [4.69, 9.17) is 5.11 Å². The summed E-state index contributed by atoms with van der Waals surface area (Å²) in [6.45, 7) is -0.926. The zero-order chi connectivity index (χ0) is 13.4. The maximum atomic E-state index is 11.0. The summed E-state index contributed by atoms with van der Waals surface area (Å²) in [6, 6.07) is 0. The van der Waals surface area contributed by atoms with Crippen LogP contribution in [0, 0.1) is 0 Å². The van der Waals surface area contributed by atoms with E-state index in [9.17, 15) is 25.2 Å². The maximum Gasteiger partial charge on any atom is 0.133 e. The van der Waals surface area contributed by atoms with Crippen LogP contribution in [0.3, 0.4) is 0 Å². The third-order valence-corrected chi connectivity index (χ3v) is 5.20. The van der Waals surface area contributed by atoms with Gasteiger partial charge < -0.3 is 30.3 Å². The van der Waals surface area contributed by atoms with Crippen LogP contribution in [-0.4, -0.2) is 100 Å². The van der Waals surface area contributed by atoms with E-state index in [2.05, 4.69) is 41.0 Å². The minimum Gasteiger partial charge on any atom is -0.394 e. The Labute approximate surface area is 105 Å². The van der Waals surface area contributed by atoms with Gasteiger partial charge in [-0.1, -0.05) is 0 Å². The number of rotatable bonds is 5. The van der Waals surface area contributed by atoms with E-state index in [0.29, 0.717) is 0 Å². The molecule has 6 nitrogen and oxygen atoms in total. The summed E-state index contributed by atoms with van der Waals surface area (Å²) < 4.78 is 0. The molecule has 0 saturated heterocycles. The van der Waals surface area contributed by atoms with Crippen molar-refractivity contribution in [1.29, 1.82) is 0 Å². The van der Waals surface area contributed by atoms with Crippen LogP contribution >= 0.6 is 0 Å². The normalized spacial score (nSPS) is 25.1. The van der Waals surface area contributed by atoms with Gasteiger partial charge in [-0.2, -0.15) is 0 Å². The first-order chi connectivity index (χ1) is 6.92. The molecule has 0 aromatic rings. The van der Waals surface area contributed by atoms with Crippen molar-refractivity contribution in [2.45, 2.75) is 21.8 Å². The quantitative estimate of drug-likeness (QED) is 0.322. The highest BCUT2D eigenvalue weighted by Crippen LogP contribution is 2.29. The van der Waals surface area contributed by atoms with E-state index in [1.54, 1.807) is 0 Å². The van der Waals surface area contributed by atoms with E-state index in [1.165, 1.54) is 0 Å². The van der Waals surface area contributed by atoms with Crippen LogP contribution in [0.4, 0.5) is 0 Å². The molecule has 0 aromatic heterocycles. The molecule has 5 N–H and O–H groups in total. The summed E-state index contributed by atoms with van der Waals surface area (Å²) in [5, 5.41) is 38.0. The Morgan fingerprint density at radius 1 is 1.19 bits per heavy atom. The Kier molecular flexibility index (Phi) is 5.01. The first kappa shape index (κ1) is 16.3. The van der Waals surface area contributed by atoms with Crippen LogP contribution < -0.4 is 0 Å².